The number of rotatable bonds is 42. The van der Waals surface area contributed by atoms with Gasteiger partial charge in [-0.15, -0.1) is 0 Å². The molecule has 0 heterocycles. The van der Waals surface area contributed by atoms with E-state index in [1.54, 1.807) is 12.2 Å². The van der Waals surface area contributed by atoms with Gasteiger partial charge in [0.15, 0.2) is 6.10 Å². The number of aliphatic hydroxyl groups excluding tert-OH is 4. The Balaban J connectivity index is 2.36. The van der Waals surface area contributed by atoms with Gasteiger partial charge in [0.1, 0.15) is 18.5 Å². The molecule has 14 heteroatoms. The van der Waals surface area contributed by atoms with Crippen molar-refractivity contribution in [2.24, 2.45) is 17.8 Å². The van der Waals surface area contributed by atoms with Gasteiger partial charge in [-0.3, -0.25) is 23.4 Å². The molecule has 0 saturated heterocycles. The summed E-state index contributed by atoms with van der Waals surface area (Å²) < 4.78 is 32.8. The van der Waals surface area contributed by atoms with Crippen molar-refractivity contribution in [2.75, 3.05) is 26.4 Å². The van der Waals surface area contributed by atoms with Crippen LogP contribution in [0.2, 0.25) is 0 Å². The molecule has 1 saturated carbocycles. The summed E-state index contributed by atoms with van der Waals surface area (Å²) >= 11 is 0. The number of carbonyl (C=O) groups excluding carboxylic acids is 3. The van der Waals surface area contributed by atoms with E-state index in [9.17, 15) is 39.2 Å². The van der Waals surface area contributed by atoms with E-state index < -0.39 is 70.6 Å². The first-order valence-electron chi connectivity index (χ1n) is 24.6. The predicted molar refractivity (Wildman–Crippen MR) is 243 cm³/mol. The number of unbranched alkanes of at least 4 members (excludes halogenated alkanes) is 20. The lowest BCUT2D eigenvalue weighted by Gasteiger charge is -2.20. The second kappa shape index (κ2) is 37.5. The molecule has 0 aromatic heterocycles. The average molecular weight is 905 g/mol. The van der Waals surface area contributed by atoms with E-state index in [-0.39, 0.29) is 36.9 Å². The molecule has 1 aliphatic rings. The standard InChI is InChI=1S/C48H89O13P/c1-4-5-22-28-40(50)32-33-44-43(45(52)34-46(44)53)29-24-20-21-25-30-47(54)58-37-42(38-60-62(56,57)59-36-41(51)35-49)61-48(55)31-26-19-17-15-13-11-9-7-6-8-10-12-14-16-18-23-27-39(2)3/h32-33,39-44,46,49-51,53H,4-31,34-38H2,1-3H3,(H,56,57)/b33-32+/t40-,41-,42+,43+,44+,46+/m0/s1. The first kappa shape index (κ1) is 58.3. The number of esters is 2. The molecule has 0 amide bonds. The van der Waals surface area contributed by atoms with Crippen LogP contribution in [0.15, 0.2) is 12.2 Å². The predicted octanol–water partition coefficient (Wildman–Crippen LogP) is 10.0. The number of ketones is 1. The average Bonchev–Trinajstić information content (AvgIpc) is 3.51. The monoisotopic (exact) mass is 905 g/mol. The molecule has 0 aromatic carbocycles. The highest BCUT2D eigenvalue weighted by atomic mass is 31.2. The number of carbonyl (C=O) groups is 3. The highest BCUT2D eigenvalue weighted by Crippen LogP contribution is 2.43. The molecule has 1 unspecified atom stereocenters. The zero-order valence-corrected chi connectivity index (χ0v) is 39.9. The van der Waals surface area contributed by atoms with Gasteiger partial charge in [-0.2, -0.15) is 0 Å². The zero-order valence-electron chi connectivity index (χ0n) is 39.0. The summed E-state index contributed by atoms with van der Waals surface area (Å²) in [5, 5.41) is 39.1. The van der Waals surface area contributed by atoms with Crippen LogP contribution in [-0.2, 0) is 37.5 Å². The van der Waals surface area contributed by atoms with E-state index in [1.165, 1.54) is 83.5 Å². The van der Waals surface area contributed by atoms with Crippen molar-refractivity contribution >= 4 is 25.5 Å². The number of hydrogen-bond donors (Lipinski definition) is 5. The SMILES string of the molecule is CCCCC[C@H](O)/C=C/[C@H]1[C@H](O)CC(=O)[C@@H]1CCCCCCC(=O)OC[C@H](COP(=O)(O)OC[C@@H](O)CO)OC(=O)CCCCCCCCCCCCCCCCCCC(C)C. The molecule has 1 fully saturated rings. The fraction of sp³-hybridized carbons (Fsp3) is 0.896. The largest absolute Gasteiger partial charge is 0.472 e. The second-order valence-electron chi connectivity index (χ2n) is 18.1. The molecular formula is C48H89O13P. The van der Waals surface area contributed by atoms with E-state index >= 15 is 0 Å². The molecule has 5 N–H and O–H groups in total. The van der Waals surface area contributed by atoms with Gasteiger partial charge >= 0.3 is 19.8 Å². The molecule has 0 aromatic rings. The van der Waals surface area contributed by atoms with Crippen molar-refractivity contribution < 1.29 is 62.8 Å². The quantitative estimate of drug-likeness (QED) is 0.0168. The molecule has 364 valence electrons. The molecular weight excluding hydrogens is 815 g/mol. The van der Waals surface area contributed by atoms with E-state index in [0.29, 0.717) is 32.1 Å². The maximum Gasteiger partial charge on any atom is 0.472 e. The van der Waals surface area contributed by atoms with Crippen LogP contribution >= 0.6 is 7.82 Å². The van der Waals surface area contributed by atoms with Crippen molar-refractivity contribution in [1.29, 1.82) is 0 Å². The van der Waals surface area contributed by atoms with Crippen LogP contribution < -0.4 is 0 Å². The first-order valence-corrected chi connectivity index (χ1v) is 26.1. The molecule has 1 aliphatic carbocycles. The Hall–Kier alpha value is -1.70. The van der Waals surface area contributed by atoms with Gasteiger partial charge in [0.05, 0.1) is 32.0 Å². The third kappa shape index (κ3) is 32.0. The van der Waals surface area contributed by atoms with Crippen molar-refractivity contribution in [2.45, 2.75) is 231 Å². The maximum absolute atomic E-state index is 12.7. The second-order valence-corrected chi connectivity index (χ2v) is 19.6. The fourth-order valence-electron chi connectivity index (χ4n) is 7.90. The number of hydrogen-bond acceptors (Lipinski definition) is 12. The third-order valence-corrected chi connectivity index (χ3v) is 12.7. The number of Topliss-reactive ketones (excluding diaryl/α,β-unsaturated/α-hetero) is 1. The van der Waals surface area contributed by atoms with Crippen molar-refractivity contribution in [3.63, 3.8) is 0 Å². The van der Waals surface area contributed by atoms with Crippen molar-refractivity contribution in [3.8, 4) is 0 Å². The summed E-state index contributed by atoms with van der Waals surface area (Å²) in [5.74, 6) is -0.821. The fourth-order valence-corrected chi connectivity index (χ4v) is 8.69. The van der Waals surface area contributed by atoms with Crippen LogP contribution in [0.1, 0.15) is 207 Å². The van der Waals surface area contributed by atoms with Gasteiger partial charge in [-0.25, -0.2) is 4.57 Å². The molecule has 0 bridgehead atoms. The molecule has 0 radical (unpaired) electrons. The highest BCUT2D eigenvalue weighted by molar-refractivity contribution is 7.47. The van der Waals surface area contributed by atoms with E-state index in [0.717, 1.165) is 57.3 Å². The summed E-state index contributed by atoms with van der Waals surface area (Å²) in [6.45, 7) is 4.38. The van der Waals surface area contributed by atoms with Gasteiger partial charge in [0.2, 0.25) is 0 Å². The topological polar surface area (TPSA) is 206 Å². The number of aliphatic hydroxyl groups is 4. The lowest BCUT2D eigenvalue weighted by molar-refractivity contribution is -0.161. The highest BCUT2D eigenvalue weighted by Gasteiger charge is 2.39. The van der Waals surface area contributed by atoms with Crippen LogP contribution in [0, 0.1) is 17.8 Å². The minimum atomic E-state index is -4.68. The number of ether oxygens (including phenoxy) is 2. The van der Waals surface area contributed by atoms with Crippen LogP contribution in [0.5, 0.6) is 0 Å². The summed E-state index contributed by atoms with van der Waals surface area (Å²) in [5.41, 5.74) is 0. The first-order chi connectivity index (χ1) is 29.8. The molecule has 1 rings (SSSR count). The van der Waals surface area contributed by atoms with Gasteiger partial charge in [0, 0.05) is 31.1 Å². The van der Waals surface area contributed by atoms with Crippen LogP contribution in [0.3, 0.4) is 0 Å². The Labute approximate surface area is 375 Å². The molecule has 13 nitrogen and oxygen atoms in total. The van der Waals surface area contributed by atoms with Gasteiger partial charge in [-0.05, 0) is 31.6 Å². The lowest BCUT2D eigenvalue weighted by Crippen LogP contribution is -2.29. The molecule has 62 heavy (non-hydrogen) atoms. The third-order valence-electron chi connectivity index (χ3n) is 11.7. The van der Waals surface area contributed by atoms with Gasteiger partial charge in [0.25, 0.3) is 0 Å². The van der Waals surface area contributed by atoms with E-state index in [1.807, 2.05) is 0 Å². The van der Waals surface area contributed by atoms with Crippen LogP contribution in [0.25, 0.3) is 0 Å². The van der Waals surface area contributed by atoms with Gasteiger partial charge < -0.3 is 34.8 Å². The maximum atomic E-state index is 12.7. The molecule has 0 aliphatic heterocycles. The zero-order chi connectivity index (χ0) is 45.9. The summed E-state index contributed by atoms with van der Waals surface area (Å²) in [6.07, 6.45) is 27.9. The van der Waals surface area contributed by atoms with E-state index in [2.05, 4.69) is 20.8 Å². The van der Waals surface area contributed by atoms with Crippen LogP contribution in [0.4, 0.5) is 0 Å². The van der Waals surface area contributed by atoms with Crippen molar-refractivity contribution in [3.05, 3.63) is 12.2 Å². The Morgan fingerprint density at radius 1 is 0.710 bits per heavy atom. The number of phosphoric ester groups is 1. The Morgan fingerprint density at radius 3 is 1.76 bits per heavy atom. The van der Waals surface area contributed by atoms with Crippen molar-refractivity contribution in [1.82, 2.24) is 0 Å². The van der Waals surface area contributed by atoms with Gasteiger partial charge in [-0.1, -0.05) is 174 Å². The smallest absolute Gasteiger partial charge is 0.462 e. The molecule has 0 spiro atoms. The normalized spacial score (nSPS) is 19.2. The summed E-state index contributed by atoms with van der Waals surface area (Å²) in [6, 6.07) is 0. The minimum Gasteiger partial charge on any atom is -0.462 e. The Morgan fingerprint density at radius 2 is 1.21 bits per heavy atom. The summed E-state index contributed by atoms with van der Waals surface area (Å²) in [4.78, 5) is 47.9. The molecule has 7 atom stereocenters. The minimum absolute atomic E-state index is 0.0348. The Bertz CT molecular complexity index is 1210. The lowest BCUT2D eigenvalue weighted by atomic mass is 9.88. The van der Waals surface area contributed by atoms with E-state index in [4.69, 9.17) is 23.6 Å². The number of phosphoric acid groups is 1. The Kier molecular flexibility index (Phi) is 35.3. The summed E-state index contributed by atoms with van der Waals surface area (Å²) in [7, 11) is -4.68. The van der Waals surface area contributed by atoms with Crippen LogP contribution in [-0.4, -0.2) is 93.9 Å².